The fraction of sp³-hybridized carbons (Fsp3) is 0.769. The van der Waals surface area contributed by atoms with Crippen molar-refractivity contribution in [3.05, 3.63) is 0 Å². The monoisotopic (exact) mass is 340 g/mol. The molecule has 0 bridgehead atoms. The van der Waals surface area contributed by atoms with Crippen LogP contribution in [0.2, 0.25) is 0 Å². The minimum Gasteiger partial charge on any atom is -0.376 e. The number of hydrazine groups is 1. The molecule has 0 spiro atoms. The highest BCUT2D eigenvalue weighted by Gasteiger charge is 2.25. The number of aromatic nitrogens is 4. The number of hydrogen-bond acceptors (Lipinski definition) is 7. The standard InChI is InChI=1S/C13H20N6O3S/c20-11(14-15-12(21)9-3-1-4-9)8-23-13-16-17-18-19(13)7-10-5-2-6-22-10/h9-10H,1-8H2,(H,14,20)(H,15,21)/t10-/m0/s1. The van der Waals surface area contributed by atoms with E-state index in [1.54, 1.807) is 4.68 Å². The van der Waals surface area contributed by atoms with Gasteiger partial charge < -0.3 is 4.74 Å². The van der Waals surface area contributed by atoms with E-state index < -0.39 is 0 Å². The Labute approximate surface area is 137 Å². The van der Waals surface area contributed by atoms with Gasteiger partial charge in [-0.1, -0.05) is 18.2 Å². The average Bonchev–Trinajstić information content (AvgIpc) is 3.13. The van der Waals surface area contributed by atoms with Gasteiger partial charge in [-0.3, -0.25) is 20.4 Å². The number of nitrogens with zero attached hydrogens (tertiary/aromatic N) is 4. The molecule has 10 heteroatoms. The molecule has 2 fully saturated rings. The van der Waals surface area contributed by atoms with Crippen molar-refractivity contribution in [2.45, 2.75) is 49.9 Å². The molecule has 1 aromatic rings. The third kappa shape index (κ3) is 4.41. The Bertz CT molecular complexity index is 556. The molecule has 2 amide bonds. The Morgan fingerprint density at radius 2 is 2.13 bits per heavy atom. The van der Waals surface area contributed by atoms with E-state index in [1.165, 1.54) is 11.8 Å². The van der Waals surface area contributed by atoms with Crippen molar-refractivity contribution in [3.63, 3.8) is 0 Å². The fourth-order valence-electron chi connectivity index (χ4n) is 2.47. The Balaban J connectivity index is 1.40. The second kappa shape index (κ2) is 7.73. The Kier molecular flexibility index (Phi) is 5.44. The molecule has 23 heavy (non-hydrogen) atoms. The van der Waals surface area contributed by atoms with Gasteiger partial charge in [-0.05, 0) is 36.1 Å². The zero-order valence-corrected chi connectivity index (χ0v) is 13.5. The summed E-state index contributed by atoms with van der Waals surface area (Å²) < 4.78 is 7.21. The first-order valence-electron chi connectivity index (χ1n) is 7.81. The molecular weight excluding hydrogens is 320 g/mol. The molecule has 0 unspecified atom stereocenters. The summed E-state index contributed by atoms with van der Waals surface area (Å²) in [5.41, 5.74) is 4.88. The van der Waals surface area contributed by atoms with Gasteiger partial charge in [0.25, 0.3) is 0 Å². The van der Waals surface area contributed by atoms with E-state index in [4.69, 9.17) is 4.74 Å². The molecule has 1 aliphatic carbocycles. The van der Waals surface area contributed by atoms with E-state index in [9.17, 15) is 9.59 Å². The summed E-state index contributed by atoms with van der Waals surface area (Å²) in [7, 11) is 0. The van der Waals surface area contributed by atoms with E-state index >= 15 is 0 Å². The lowest BCUT2D eigenvalue weighted by atomic mass is 9.85. The van der Waals surface area contributed by atoms with E-state index in [2.05, 4.69) is 26.4 Å². The van der Waals surface area contributed by atoms with Crippen LogP contribution in [0.4, 0.5) is 0 Å². The fourth-order valence-corrected chi connectivity index (χ4v) is 3.15. The molecule has 126 valence electrons. The van der Waals surface area contributed by atoms with Crippen molar-refractivity contribution >= 4 is 23.6 Å². The highest BCUT2D eigenvalue weighted by Crippen LogP contribution is 2.25. The first-order valence-corrected chi connectivity index (χ1v) is 8.80. The van der Waals surface area contributed by atoms with Crippen molar-refractivity contribution in [2.75, 3.05) is 12.4 Å². The maximum atomic E-state index is 11.8. The molecule has 1 aromatic heterocycles. The van der Waals surface area contributed by atoms with Gasteiger partial charge in [-0.15, -0.1) is 5.10 Å². The zero-order chi connectivity index (χ0) is 16.1. The van der Waals surface area contributed by atoms with Gasteiger partial charge in [0.1, 0.15) is 0 Å². The van der Waals surface area contributed by atoms with E-state index in [0.717, 1.165) is 38.7 Å². The summed E-state index contributed by atoms with van der Waals surface area (Å²) >= 11 is 1.23. The van der Waals surface area contributed by atoms with Crippen molar-refractivity contribution in [3.8, 4) is 0 Å². The highest BCUT2D eigenvalue weighted by molar-refractivity contribution is 7.99. The molecule has 2 N–H and O–H groups in total. The van der Waals surface area contributed by atoms with Gasteiger partial charge in [0.2, 0.25) is 17.0 Å². The molecule has 2 heterocycles. The quantitative estimate of drug-likeness (QED) is 0.549. The topological polar surface area (TPSA) is 111 Å². The third-order valence-electron chi connectivity index (χ3n) is 4.03. The van der Waals surface area contributed by atoms with Crippen molar-refractivity contribution in [1.82, 2.24) is 31.1 Å². The summed E-state index contributed by atoms with van der Waals surface area (Å²) in [6, 6.07) is 0. The molecule has 1 saturated heterocycles. The van der Waals surface area contributed by atoms with Crippen molar-refractivity contribution < 1.29 is 14.3 Å². The van der Waals surface area contributed by atoms with Crippen molar-refractivity contribution in [1.29, 1.82) is 0 Å². The Morgan fingerprint density at radius 1 is 1.26 bits per heavy atom. The summed E-state index contributed by atoms with van der Waals surface area (Å²) in [5.74, 6) is -0.217. The molecule has 0 radical (unpaired) electrons. The molecule has 1 aliphatic heterocycles. The number of hydrogen-bond donors (Lipinski definition) is 2. The summed E-state index contributed by atoms with van der Waals surface area (Å²) in [4.78, 5) is 23.4. The first kappa shape index (κ1) is 16.2. The lowest BCUT2D eigenvalue weighted by Crippen LogP contribution is -2.46. The second-order valence-electron chi connectivity index (χ2n) is 5.73. The third-order valence-corrected chi connectivity index (χ3v) is 4.99. The molecule has 1 saturated carbocycles. The Morgan fingerprint density at radius 3 is 2.83 bits per heavy atom. The van der Waals surface area contributed by atoms with Gasteiger partial charge in [0.15, 0.2) is 0 Å². The van der Waals surface area contributed by atoms with Crippen LogP contribution in [0.5, 0.6) is 0 Å². The number of tetrazole rings is 1. The maximum absolute atomic E-state index is 11.8. The SMILES string of the molecule is O=C(CSc1nnnn1C[C@@H]1CCCO1)NNC(=O)C1CCC1. The van der Waals surface area contributed by atoms with Gasteiger partial charge in [0, 0.05) is 12.5 Å². The van der Waals surface area contributed by atoms with Crippen LogP contribution in [0, 0.1) is 5.92 Å². The van der Waals surface area contributed by atoms with E-state index in [-0.39, 0.29) is 29.6 Å². The van der Waals surface area contributed by atoms with Crippen LogP contribution in [0.3, 0.4) is 0 Å². The number of carbonyl (C=O) groups is 2. The smallest absolute Gasteiger partial charge is 0.248 e. The number of nitrogens with one attached hydrogen (secondary N) is 2. The Hall–Kier alpha value is -1.68. The second-order valence-corrected chi connectivity index (χ2v) is 6.68. The van der Waals surface area contributed by atoms with Crippen LogP contribution in [-0.4, -0.2) is 50.5 Å². The summed E-state index contributed by atoms with van der Waals surface area (Å²) in [5, 5.41) is 12.1. The normalized spacial score (nSPS) is 21.0. The average molecular weight is 340 g/mol. The van der Waals surface area contributed by atoms with Crippen LogP contribution in [0.1, 0.15) is 32.1 Å². The van der Waals surface area contributed by atoms with Crippen LogP contribution in [-0.2, 0) is 20.9 Å². The number of ether oxygens (including phenoxy) is 1. The molecule has 0 aromatic carbocycles. The molecule has 3 rings (SSSR count). The molecule has 9 nitrogen and oxygen atoms in total. The van der Waals surface area contributed by atoms with Crippen LogP contribution >= 0.6 is 11.8 Å². The van der Waals surface area contributed by atoms with Crippen molar-refractivity contribution in [2.24, 2.45) is 5.92 Å². The number of rotatable bonds is 6. The summed E-state index contributed by atoms with van der Waals surface area (Å²) in [6.45, 7) is 1.37. The predicted octanol–water partition coefficient (Wildman–Crippen LogP) is -0.108. The number of thioether (sulfide) groups is 1. The number of carbonyl (C=O) groups excluding carboxylic acids is 2. The van der Waals surface area contributed by atoms with E-state index in [0.29, 0.717) is 11.7 Å². The minimum absolute atomic E-state index is 0.0432. The van der Waals surface area contributed by atoms with Gasteiger partial charge in [-0.25, -0.2) is 4.68 Å². The largest absolute Gasteiger partial charge is 0.376 e. The first-order chi connectivity index (χ1) is 11.2. The maximum Gasteiger partial charge on any atom is 0.248 e. The van der Waals surface area contributed by atoms with Crippen LogP contribution in [0.15, 0.2) is 5.16 Å². The minimum atomic E-state index is -0.283. The van der Waals surface area contributed by atoms with E-state index in [1.807, 2.05) is 0 Å². The van der Waals surface area contributed by atoms with Gasteiger partial charge >= 0.3 is 0 Å². The van der Waals surface area contributed by atoms with Gasteiger partial charge in [-0.2, -0.15) is 0 Å². The summed E-state index contributed by atoms with van der Waals surface area (Å²) in [6.07, 6.45) is 5.06. The lowest BCUT2D eigenvalue weighted by molar-refractivity contribution is -0.132. The molecular formula is C13H20N6O3S. The van der Waals surface area contributed by atoms with Gasteiger partial charge in [0.05, 0.1) is 18.4 Å². The lowest BCUT2D eigenvalue weighted by Gasteiger charge is -2.23. The number of amides is 2. The van der Waals surface area contributed by atoms with Crippen LogP contribution < -0.4 is 10.9 Å². The molecule has 2 aliphatic rings. The molecule has 1 atom stereocenters. The van der Waals surface area contributed by atoms with Crippen LogP contribution in [0.25, 0.3) is 0 Å². The highest BCUT2D eigenvalue weighted by atomic mass is 32.2. The zero-order valence-electron chi connectivity index (χ0n) is 12.7. The predicted molar refractivity (Wildman–Crippen MR) is 81.1 cm³/mol.